The number of allylic oxidation sites excluding steroid dienone is 1. The number of hydrogen-bond acceptors (Lipinski definition) is 1. The van der Waals surface area contributed by atoms with Crippen molar-refractivity contribution in [3.8, 4) is 0 Å². The Kier molecular flexibility index (Phi) is 2.86. The molecule has 1 aromatic heterocycles. The van der Waals surface area contributed by atoms with E-state index in [1.165, 1.54) is 11.1 Å². The van der Waals surface area contributed by atoms with Crippen molar-refractivity contribution < 1.29 is 0 Å². The molecule has 0 aliphatic carbocycles. The molecule has 1 heterocycles. The zero-order valence-electron chi connectivity index (χ0n) is 8.89. The predicted octanol–water partition coefficient (Wildman–Crippen LogP) is 3.55. The van der Waals surface area contributed by atoms with Crippen LogP contribution in [0, 0.1) is 6.92 Å². The average molecular weight is 175 g/mol. The molecular formula is C12H17N. The smallest absolute Gasteiger partial charge is 0.0655 e. The maximum Gasteiger partial charge on any atom is 0.0655 e. The third kappa shape index (κ3) is 2.18. The minimum absolute atomic E-state index is 0.548. The summed E-state index contributed by atoms with van der Waals surface area (Å²) < 4.78 is 0. The van der Waals surface area contributed by atoms with Crippen molar-refractivity contribution in [1.82, 2.24) is 4.98 Å². The van der Waals surface area contributed by atoms with E-state index in [4.69, 9.17) is 0 Å². The van der Waals surface area contributed by atoms with Gasteiger partial charge in [-0.25, -0.2) is 0 Å². The van der Waals surface area contributed by atoms with E-state index < -0.39 is 0 Å². The summed E-state index contributed by atoms with van der Waals surface area (Å²) in [6, 6.07) is 2.11. The topological polar surface area (TPSA) is 12.9 Å². The van der Waals surface area contributed by atoms with Gasteiger partial charge in [0.25, 0.3) is 0 Å². The molecule has 0 aliphatic rings. The van der Waals surface area contributed by atoms with E-state index in [1.807, 2.05) is 13.1 Å². The van der Waals surface area contributed by atoms with E-state index in [1.54, 1.807) is 0 Å². The van der Waals surface area contributed by atoms with Gasteiger partial charge in [0, 0.05) is 6.20 Å². The third-order valence-corrected chi connectivity index (χ3v) is 2.21. The average Bonchev–Trinajstić information content (AvgIpc) is 2.03. The van der Waals surface area contributed by atoms with Crippen LogP contribution in [0.15, 0.2) is 18.8 Å². The van der Waals surface area contributed by atoms with Crippen LogP contribution >= 0.6 is 0 Å². The highest BCUT2D eigenvalue weighted by atomic mass is 14.7. The van der Waals surface area contributed by atoms with Crippen LogP contribution in [-0.4, -0.2) is 4.98 Å². The highest BCUT2D eigenvalue weighted by Gasteiger charge is 2.04. The van der Waals surface area contributed by atoms with Crippen LogP contribution in [-0.2, 0) is 0 Å². The number of pyridine rings is 1. The second-order valence-electron chi connectivity index (χ2n) is 3.86. The lowest BCUT2D eigenvalue weighted by atomic mass is 9.99. The molecule has 0 radical (unpaired) electrons. The summed E-state index contributed by atoms with van der Waals surface area (Å²) in [5, 5.41) is 0. The molecule has 1 heteroatoms. The van der Waals surface area contributed by atoms with E-state index in [9.17, 15) is 0 Å². The summed E-state index contributed by atoms with van der Waals surface area (Å²) in [7, 11) is 0. The number of rotatable bonds is 2. The highest BCUT2D eigenvalue weighted by molar-refractivity contribution is 5.58. The standard InChI is InChI=1S/C12H17N/c1-8(2)11-7-13-12(9(3)4)6-10(11)5/h6-8H,3H2,1-2,4-5H3. The lowest BCUT2D eigenvalue weighted by Gasteiger charge is -2.10. The second kappa shape index (κ2) is 3.73. The Bertz CT molecular complexity index is 324. The molecule has 0 saturated heterocycles. The summed E-state index contributed by atoms with van der Waals surface area (Å²) in [6.07, 6.45) is 1.96. The number of aryl methyl sites for hydroxylation is 1. The van der Waals surface area contributed by atoms with Crippen LogP contribution in [0.3, 0.4) is 0 Å². The van der Waals surface area contributed by atoms with Gasteiger partial charge >= 0.3 is 0 Å². The lowest BCUT2D eigenvalue weighted by Crippen LogP contribution is -1.96. The molecule has 1 nitrogen and oxygen atoms in total. The molecule has 0 aliphatic heterocycles. The molecular weight excluding hydrogens is 158 g/mol. The maximum atomic E-state index is 4.36. The molecule has 13 heavy (non-hydrogen) atoms. The fraction of sp³-hybridized carbons (Fsp3) is 0.417. The maximum absolute atomic E-state index is 4.36. The first-order valence-electron chi connectivity index (χ1n) is 4.64. The molecule has 0 bridgehead atoms. The quantitative estimate of drug-likeness (QED) is 0.670. The summed E-state index contributed by atoms with van der Waals surface area (Å²) in [5.74, 6) is 0.548. The van der Waals surface area contributed by atoms with E-state index >= 15 is 0 Å². The summed E-state index contributed by atoms with van der Waals surface area (Å²) in [6.45, 7) is 12.4. The number of nitrogens with zero attached hydrogens (tertiary/aromatic N) is 1. The Morgan fingerprint density at radius 2 is 2.08 bits per heavy atom. The first kappa shape index (κ1) is 9.97. The molecule has 0 aromatic carbocycles. The zero-order valence-corrected chi connectivity index (χ0v) is 8.89. The fourth-order valence-corrected chi connectivity index (χ4v) is 1.40. The van der Waals surface area contributed by atoms with Crippen molar-refractivity contribution >= 4 is 5.57 Å². The van der Waals surface area contributed by atoms with Crippen LogP contribution in [0.4, 0.5) is 0 Å². The van der Waals surface area contributed by atoms with Crippen molar-refractivity contribution in [2.24, 2.45) is 0 Å². The van der Waals surface area contributed by atoms with Gasteiger partial charge in [0.05, 0.1) is 5.69 Å². The molecule has 0 saturated carbocycles. The fourth-order valence-electron chi connectivity index (χ4n) is 1.40. The Hall–Kier alpha value is -1.11. The van der Waals surface area contributed by atoms with Crippen LogP contribution < -0.4 is 0 Å². The van der Waals surface area contributed by atoms with Crippen LogP contribution in [0.25, 0.3) is 5.57 Å². The SMILES string of the molecule is C=C(C)c1cc(C)c(C(C)C)cn1. The molecule has 0 atom stereocenters. The van der Waals surface area contributed by atoms with Crippen LogP contribution in [0.2, 0.25) is 0 Å². The van der Waals surface area contributed by atoms with Crippen LogP contribution in [0.1, 0.15) is 43.5 Å². The third-order valence-electron chi connectivity index (χ3n) is 2.21. The molecule has 0 fully saturated rings. The van der Waals surface area contributed by atoms with Gasteiger partial charge in [-0.3, -0.25) is 4.98 Å². The van der Waals surface area contributed by atoms with Gasteiger partial charge in [0.15, 0.2) is 0 Å². The van der Waals surface area contributed by atoms with E-state index in [2.05, 4.69) is 38.4 Å². The van der Waals surface area contributed by atoms with Gasteiger partial charge in [-0.2, -0.15) is 0 Å². The first-order valence-corrected chi connectivity index (χ1v) is 4.64. The van der Waals surface area contributed by atoms with E-state index in [0.29, 0.717) is 5.92 Å². The van der Waals surface area contributed by atoms with Gasteiger partial charge < -0.3 is 0 Å². The summed E-state index contributed by atoms with van der Waals surface area (Å²) in [5.41, 5.74) is 4.66. The lowest BCUT2D eigenvalue weighted by molar-refractivity contribution is 0.846. The zero-order chi connectivity index (χ0) is 10.0. The number of hydrogen-bond donors (Lipinski definition) is 0. The van der Waals surface area contributed by atoms with Crippen molar-refractivity contribution in [3.63, 3.8) is 0 Å². The van der Waals surface area contributed by atoms with Gasteiger partial charge in [-0.05, 0) is 42.5 Å². The van der Waals surface area contributed by atoms with Crippen molar-refractivity contribution in [2.75, 3.05) is 0 Å². The molecule has 0 spiro atoms. The molecule has 0 N–H and O–H groups in total. The van der Waals surface area contributed by atoms with Gasteiger partial charge in [-0.1, -0.05) is 20.4 Å². The number of aromatic nitrogens is 1. The first-order chi connectivity index (χ1) is 6.02. The highest BCUT2D eigenvalue weighted by Crippen LogP contribution is 2.20. The summed E-state index contributed by atoms with van der Waals surface area (Å²) >= 11 is 0. The Morgan fingerprint density at radius 3 is 2.46 bits per heavy atom. The van der Waals surface area contributed by atoms with E-state index in [0.717, 1.165) is 11.3 Å². The van der Waals surface area contributed by atoms with Gasteiger partial charge in [0.1, 0.15) is 0 Å². The van der Waals surface area contributed by atoms with Gasteiger partial charge in [-0.15, -0.1) is 0 Å². The Morgan fingerprint density at radius 1 is 1.46 bits per heavy atom. The summed E-state index contributed by atoms with van der Waals surface area (Å²) in [4.78, 5) is 4.36. The molecule has 1 aromatic rings. The van der Waals surface area contributed by atoms with E-state index in [-0.39, 0.29) is 0 Å². The molecule has 0 amide bonds. The van der Waals surface area contributed by atoms with Crippen LogP contribution in [0.5, 0.6) is 0 Å². The predicted molar refractivity (Wildman–Crippen MR) is 57.8 cm³/mol. The van der Waals surface area contributed by atoms with Crippen molar-refractivity contribution in [1.29, 1.82) is 0 Å². The Labute approximate surface area is 80.5 Å². The minimum atomic E-state index is 0.548. The molecule has 0 unspecified atom stereocenters. The van der Waals surface area contributed by atoms with Crippen molar-refractivity contribution in [3.05, 3.63) is 35.7 Å². The molecule has 1 rings (SSSR count). The second-order valence-corrected chi connectivity index (χ2v) is 3.86. The van der Waals surface area contributed by atoms with Crippen molar-refractivity contribution in [2.45, 2.75) is 33.6 Å². The normalized spacial score (nSPS) is 10.5. The Balaban J connectivity index is 3.13. The minimum Gasteiger partial charge on any atom is -0.256 e. The van der Waals surface area contributed by atoms with Gasteiger partial charge in [0.2, 0.25) is 0 Å². The largest absolute Gasteiger partial charge is 0.256 e. The molecule has 70 valence electrons. The monoisotopic (exact) mass is 175 g/mol.